The number of carbonyl (C=O) groups excluding carboxylic acids is 1. The minimum atomic E-state index is -0.418. The first-order valence-electron chi connectivity index (χ1n) is 9.30. The fourth-order valence-corrected chi connectivity index (χ4v) is 4.55. The normalized spacial score (nSPS) is 11.0. The Morgan fingerprint density at radius 1 is 1.13 bits per heavy atom. The lowest BCUT2D eigenvalue weighted by Gasteiger charge is -2.13. The number of hydrogen-bond donors (Lipinski definition) is 1. The molecule has 0 unspecified atom stereocenters. The van der Waals surface area contributed by atoms with Crippen molar-refractivity contribution in [3.8, 4) is 0 Å². The second-order valence-corrected chi connectivity index (χ2v) is 8.52. The van der Waals surface area contributed by atoms with Gasteiger partial charge in [-0.2, -0.15) is 0 Å². The molecule has 5 nitrogen and oxygen atoms in total. The number of fused-ring (bicyclic) bond motifs is 1. The van der Waals surface area contributed by atoms with Crippen molar-refractivity contribution in [1.29, 1.82) is 0 Å². The molecule has 0 saturated carbocycles. The van der Waals surface area contributed by atoms with E-state index in [1.165, 1.54) is 34.8 Å². The number of thiophene rings is 1. The van der Waals surface area contributed by atoms with Crippen molar-refractivity contribution in [3.63, 3.8) is 0 Å². The highest BCUT2D eigenvalue weighted by atomic mass is 32.2. The number of halogens is 1. The predicted octanol–water partition coefficient (Wildman–Crippen LogP) is 4.57. The van der Waals surface area contributed by atoms with Gasteiger partial charge in [0.05, 0.1) is 16.7 Å². The SMILES string of the molecule is O=C(CSc1nc2ccccc2c(=O)n1CCc1cccs1)Nc1cccc(F)c1. The number of benzene rings is 2. The number of anilines is 1. The molecule has 0 atom stereocenters. The van der Waals surface area contributed by atoms with Crippen molar-refractivity contribution in [2.24, 2.45) is 0 Å². The molecule has 4 rings (SSSR count). The van der Waals surface area contributed by atoms with Gasteiger partial charge in [0, 0.05) is 17.1 Å². The average molecular weight is 440 g/mol. The van der Waals surface area contributed by atoms with E-state index in [9.17, 15) is 14.0 Å². The second kappa shape index (κ2) is 9.23. The molecule has 2 heterocycles. The summed E-state index contributed by atoms with van der Waals surface area (Å²) in [6.07, 6.45) is 0.709. The molecule has 30 heavy (non-hydrogen) atoms. The first kappa shape index (κ1) is 20.3. The maximum Gasteiger partial charge on any atom is 0.262 e. The van der Waals surface area contributed by atoms with Crippen molar-refractivity contribution in [3.05, 3.63) is 87.1 Å². The Labute approximate surface area is 180 Å². The maximum absolute atomic E-state index is 13.3. The van der Waals surface area contributed by atoms with E-state index in [-0.39, 0.29) is 17.2 Å². The number of rotatable bonds is 7. The van der Waals surface area contributed by atoms with Crippen LogP contribution in [0.1, 0.15) is 4.88 Å². The number of carbonyl (C=O) groups is 1. The molecule has 0 aliphatic carbocycles. The fraction of sp³-hybridized carbons (Fsp3) is 0.136. The van der Waals surface area contributed by atoms with Crippen molar-refractivity contribution < 1.29 is 9.18 Å². The molecule has 1 N–H and O–H groups in total. The number of hydrogen-bond acceptors (Lipinski definition) is 5. The summed E-state index contributed by atoms with van der Waals surface area (Å²) in [5, 5.41) is 5.71. The Balaban J connectivity index is 1.55. The molecule has 8 heteroatoms. The highest BCUT2D eigenvalue weighted by Crippen LogP contribution is 2.20. The molecule has 2 aromatic carbocycles. The zero-order valence-electron chi connectivity index (χ0n) is 15.9. The smallest absolute Gasteiger partial charge is 0.262 e. The third kappa shape index (κ3) is 4.77. The van der Waals surface area contributed by atoms with Crippen molar-refractivity contribution >= 4 is 45.6 Å². The minimum absolute atomic E-state index is 0.0558. The van der Waals surface area contributed by atoms with Crippen LogP contribution < -0.4 is 10.9 Å². The van der Waals surface area contributed by atoms with Crippen molar-refractivity contribution in [1.82, 2.24) is 9.55 Å². The van der Waals surface area contributed by atoms with Gasteiger partial charge in [0.1, 0.15) is 5.82 Å². The van der Waals surface area contributed by atoms with Crippen LogP contribution in [0.4, 0.5) is 10.1 Å². The van der Waals surface area contributed by atoms with Crippen LogP contribution in [0.2, 0.25) is 0 Å². The van der Waals surface area contributed by atoms with Crippen LogP contribution in [0.5, 0.6) is 0 Å². The standard InChI is InChI=1S/C22H18FN3O2S2/c23-15-5-3-6-16(13-15)24-20(27)14-30-22-25-19-9-2-1-8-18(19)21(28)26(22)11-10-17-7-4-12-29-17/h1-9,12-13H,10-11,14H2,(H,24,27). The van der Waals surface area contributed by atoms with Gasteiger partial charge in [0.25, 0.3) is 5.56 Å². The molecule has 0 radical (unpaired) electrons. The Bertz CT molecular complexity index is 1240. The number of para-hydroxylation sites is 1. The molecule has 0 aliphatic rings. The zero-order chi connectivity index (χ0) is 20.9. The highest BCUT2D eigenvalue weighted by Gasteiger charge is 2.14. The topological polar surface area (TPSA) is 64.0 Å². The molecule has 0 saturated heterocycles. The first-order chi connectivity index (χ1) is 14.6. The first-order valence-corrected chi connectivity index (χ1v) is 11.2. The Morgan fingerprint density at radius 2 is 2.00 bits per heavy atom. The second-order valence-electron chi connectivity index (χ2n) is 6.54. The number of nitrogens with zero attached hydrogens (tertiary/aromatic N) is 2. The van der Waals surface area contributed by atoms with Gasteiger partial charge in [-0.15, -0.1) is 11.3 Å². The lowest BCUT2D eigenvalue weighted by molar-refractivity contribution is -0.113. The van der Waals surface area contributed by atoms with E-state index in [2.05, 4.69) is 10.3 Å². The molecule has 0 bridgehead atoms. The number of aromatic nitrogens is 2. The Kier molecular flexibility index (Phi) is 6.25. The number of thioether (sulfide) groups is 1. The number of nitrogens with one attached hydrogen (secondary N) is 1. The summed E-state index contributed by atoms with van der Waals surface area (Å²) in [5.74, 6) is -0.655. The molecule has 4 aromatic rings. The van der Waals surface area contributed by atoms with Gasteiger partial charge in [0.15, 0.2) is 5.16 Å². The number of amides is 1. The third-order valence-electron chi connectivity index (χ3n) is 4.43. The predicted molar refractivity (Wildman–Crippen MR) is 120 cm³/mol. The summed E-state index contributed by atoms with van der Waals surface area (Å²) < 4.78 is 14.9. The minimum Gasteiger partial charge on any atom is -0.325 e. The van der Waals surface area contributed by atoms with Gasteiger partial charge in [-0.3, -0.25) is 14.2 Å². The van der Waals surface area contributed by atoms with Gasteiger partial charge in [0.2, 0.25) is 5.91 Å². The van der Waals surface area contributed by atoms with E-state index >= 15 is 0 Å². The van der Waals surface area contributed by atoms with Crippen LogP contribution >= 0.6 is 23.1 Å². The van der Waals surface area contributed by atoms with Crippen LogP contribution in [0.3, 0.4) is 0 Å². The molecular formula is C22H18FN3O2S2. The molecule has 0 aliphatic heterocycles. The summed E-state index contributed by atoms with van der Waals surface area (Å²) in [6.45, 7) is 0.477. The summed E-state index contributed by atoms with van der Waals surface area (Å²) in [6, 6.07) is 16.9. The van der Waals surface area contributed by atoms with Crippen molar-refractivity contribution in [2.45, 2.75) is 18.1 Å². The quantitative estimate of drug-likeness (QED) is 0.338. The molecule has 152 valence electrons. The van der Waals surface area contributed by atoms with Gasteiger partial charge in [-0.1, -0.05) is 36.0 Å². The van der Waals surface area contributed by atoms with E-state index in [0.717, 1.165) is 0 Å². The van der Waals surface area contributed by atoms with E-state index in [1.807, 2.05) is 29.6 Å². The monoisotopic (exact) mass is 439 g/mol. The molecule has 0 spiro atoms. The van der Waals surface area contributed by atoms with Crippen LogP contribution in [-0.2, 0) is 17.8 Å². The van der Waals surface area contributed by atoms with E-state index < -0.39 is 5.82 Å². The summed E-state index contributed by atoms with van der Waals surface area (Å²) >= 11 is 2.84. The largest absolute Gasteiger partial charge is 0.325 e. The molecule has 1 amide bonds. The van der Waals surface area contributed by atoms with Crippen LogP contribution in [0, 0.1) is 5.82 Å². The Morgan fingerprint density at radius 3 is 2.80 bits per heavy atom. The van der Waals surface area contributed by atoms with E-state index in [1.54, 1.807) is 34.1 Å². The van der Waals surface area contributed by atoms with E-state index in [4.69, 9.17) is 0 Å². The van der Waals surface area contributed by atoms with Crippen LogP contribution in [0.15, 0.2) is 76.0 Å². The van der Waals surface area contributed by atoms with Gasteiger partial charge >= 0.3 is 0 Å². The van der Waals surface area contributed by atoms with Gasteiger partial charge in [-0.25, -0.2) is 9.37 Å². The molecular weight excluding hydrogens is 421 g/mol. The zero-order valence-corrected chi connectivity index (χ0v) is 17.5. The lowest BCUT2D eigenvalue weighted by Crippen LogP contribution is -2.25. The third-order valence-corrected chi connectivity index (χ3v) is 6.34. The Hall–Kier alpha value is -2.97. The number of aryl methyl sites for hydroxylation is 1. The van der Waals surface area contributed by atoms with Gasteiger partial charge < -0.3 is 5.32 Å². The average Bonchev–Trinajstić information content (AvgIpc) is 3.25. The summed E-state index contributed by atoms with van der Waals surface area (Å²) in [7, 11) is 0. The fourth-order valence-electron chi connectivity index (χ4n) is 3.03. The summed E-state index contributed by atoms with van der Waals surface area (Å²) in [5.41, 5.74) is 0.871. The van der Waals surface area contributed by atoms with Crippen LogP contribution in [0.25, 0.3) is 10.9 Å². The summed E-state index contributed by atoms with van der Waals surface area (Å²) in [4.78, 5) is 31.2. The van der Waals surface area contributed by atoms with E-state index in [0.29, 0.717) is 34.7 Å². The van der Waals surface area contributed by atoms with Crippen LogP contribution in [-0.4, -0.2) is 21.2 Å². The van der Waals surface area contributed by atoms with Crippen molar-refractivity contribution in [2.75, 3.05) is 11.1 Å². The lowest BCUT2D eigenvalue weighted by atomic mass is 10.2. The highest BCUT2D eigenvalue weighted by molar-refractivity contribution is 7.99. The molecule has 2 aromatic heterocycles. The molecule has 0 fully saturated rings. The maximum atomic E-state index is 13.3. The van der Waals surface area contributed by atoms with Gasteiger partial charge in [-0.05, 0) is 48.2 Å².